The quantitative estimate of drug-likeness (QED) is 0.416. The Morgan fingerprint density at radius 2 is 1.76 bits per heavy atom. The van der Waals surface area contributed by atoms with E-state index in [2.05, 4.69) is 25.6 Å². The van der Waals surface area contributed by atoms with Crippen molar-refractivity contribution in [3.05, 3.63) is 30.2 Å². The summed E-state index contributed by atoms with van der Waals surface area (Å²) >= 11 is 0. The summed E-state index contributed by atoms with van der Waals surface area (Å²) in [6.45, 7) is 0.777. The first-order valence-electron chi connectivity index (χ1n) is 13.6. The van der Waals surface area contributed by atoms with Gasteiger partial charge in [0.15, 0.2) is 11.5 Å². The SMILES string of the molecule is O=C(NC1CCC(NC(=O)C2CC2)CC1)c1c[nH]c2c(-c3c(OCC4CC4)ccc4c3OCO4)ncnc12. The third kappa shape index (κ3) is 4.52. The van der Waals surface area contributed by atoms with Gasteiger partial charge in [-0.25, -0.2) is 9.97 Å². The molecule has 0 spiro atoms. The van der Waals surface area contributed by atoms with E-state index in [9.17, 15) is 9.59 Å². The van der Waals surface area contributed by atoms with Gasteiger partial charge in [-0.3, -0.25) is 9.59 Å². The molecule has 10 heteroatoms. The van der Waals surface area contributed by atoms with Gasteiger partial charge in [-0.2, -0.15) is 0 Å². The third-order valence-corrected chi connectivity index (χ3v) is 7.97. The summed E-state index contributed by atoms with van der Waals surface area (Å²) in [7, 11) is 0. The number of benzene rings is 1. The smallest absolute Gasteiger partial charge is 0.255 e. The van der Waals surface area contributed by atoms with E-state index in [0.717, 1.165) is 38.5 Å². The van der Waals surface area contributed by atoms with E-state index in [1.54, 1.807) is 6.20 Å². The molecule has 10 nitrogen and oxygen atoms in total. The minimum Gasteiger partial charge on any atom is -0.492 e. The molecule has 3 saturated carbocycles. The molecule has 1 aliphatic heterocycles. The normalized spacial score (nSPS) is 22.3. The Labute approximate surface area is 219 Å². The lowest BCUT2D eigenvalue weighted by atomic mass is 9.91. The highest BCUT2D eigenvalue weighted by Gasteiger charge is 2.33. The Hall–Kier alpha value is -3.82. The fourth-order valence-electron chi connectivity index (χ4n) is 5.40. The number of amides is 2. The molecule has 0 bridgehead atoms. The van der Waals surface area contributed by atoms with Gasteiger partial charge >= 0.3 is 0 Å². The van der Waals surface area contributed by atoms with Crippen molar-refractivity contribution in [3.63, 3.8) is 0 Å². The number of nitrogens with one attached hydrogen (secondary N) is 3. The van der Waals surface area contributed by atoms with Crippen LogP contribution in [-0.4, -0.2) is 52.2 Å². The highest BCUT2D eigenvalue weighted by Crippen LogP contribution is 2.48. The Balaban J connectivity index is 1.10. The minimum atomic E-state index is -0.172. The van der Waals surface area contributed by atoms with Crippen molar-refractivity contribution in [1.29, 1.82) is 0 Å². The van der Waals surface area contributed by atoms with Crippen molar-refractivity contribution in [2.75, 3.05) is 13.4 Å². The summed E-state index contributed by atoms with van der Waals surface area (Å²) in [6.07, 6.45) is 10.9. The molecule has 3 fully saturated rings. The first kappa shape index (κ1) is 23.3. The predicted octanol–water partition coefficient (Wildman–Crippen LogP) is 3.71. The molecule has 3 N–H and O–H groups in total. The first-order valence-corrected chi connectivity index (χ1v) is 13.6. The highest BCUT2D eigenvalue weighted by molar-refractivity contribution is 6.08. The lowest BCUT2D eigenvalue weighted by Gasteiger charge is -2.29. The van der Waals surface area contributed by atoms with E-state index in [1.165, 1.54) is 19.2 Å². The molecule has 0 atom stereocenters. The Bertz CT molecular complexity index is 1390. The van der Waals surface area contributed by atoms with E-state index in [4.69, 9.17) is 14.2 Å². The number of H-pyrrole nitrogens is 1. The van der Waals surface area contributed by atoms with Crippen LogP contribution in [0.1, 0.15) is 61.7 Å². The number of aromatic nitrogens is 3. The van der Waals surface area contributed by atoms with Gasteiger partial charge in [-0.05, 0) is 69.4 Å². The second kappa shape index (κ2) is 9.49. The van der Waals surface area contributed by atoms with Crippen molar-refractivity contribution >= 4 is 22.8 Å². The molecule has 38 heavy (non-hydrogen) atoms. The van der Waals surface area contributed by atoms with Crippen LogP contribution in [0, 0.1) is 11.8 Å². The number of rotatable bonds is 8. The molecule has 2 aromatic heterocycles. The van der Waals surface area contributed by atoms with Crippen molar-refractivity contribution in [3.8, 4) is 28.5 Å². The maximum absolute atomic E-state index is 13.3. The zero-order chi connectivity index (χ0) is 25.6. The van der Waals surface area contributed by atoms with Crippen LogP contribution in [0.3, 0.4) is 0 Å². The molecule has 0 unspecified atom stereocenters. The van der Waals surface area contributed by atoms with Crippen molar-refractivity contribution in [2.24, 2.45) is 11.8 Å². The second-order valence-electron chi connectivity index (χ2n) is 10.9. The van der Waals surface area contributed by atoms with E-state index in [-0.39, 0.29) is 36.6 Å². The van der Waals surface area contributed by atoms with Crippen LogP contribution >= 0.6 is 0 Å². The van der Waals surface area contributed by atoms with Crippen LogP contribution in [0.5, 0.6) is 17.2 Å². The average Bonchev–Trinajstić information content (AvgIpc) is 3.86. The molecule has 0 saturated heterocycles. The van der Waals surface area contributed by atoms with Crippen LogP contribution in [0.15, 0.2) is 24.7 Å². The number of ether oxygens (including phenoxy) is 3. The summed E-state index contributed by atoms with van der Waals surface area (Å²) in [6, 6.07) is 4.01. The second-order valence-corrected chi connectivity index (χ2v) is 10.9. The number of hydrogen-bond donors (Lipinski definition) is 3. The monoisotopic (exact) mass is 517 g/mol. The van der Waals surface area contributed by atoms with E-state index < -0.39 is 0 Å². The Kier molecular flexibility index (Phi) is 5.82. The average molecular weight is 518 g/mol. The lowest BCUT2D eigenvalue weighted by molar-refractivity contribution is -0.123. The van der Waals surface area contributed by atoms with Gasteiger partial charge in [0.2, 0.25) is 12.7 Å². The van der Waals surface area contributed by atoms with Crippen molar-refractivity contribution in [2.45, 2.75) is 63.5 Å². The van der Waals surface area contributed by atoms with E-state index in [0.29, 0.717) is 57.6 Å². The van der Waals surface area contributed by atoms with Crippen LogP contribution in [-0.2, 0) is 4.79 Å². The Morgan fingerprint density at radius 1 is 0.974 bits per heavy atom. The molecule has 3 aliphatic carbocycles. The maximum atomic E-state index is 13.3. The summed E-state index contributed by atoms with van der Waals surface area (Å²) in [5.41, 5.74) is 2.97. The third-order valence-electron chi connectivity index (χ3n) is 7.97. The maximum Gasteiger partial charge on any atom is 0.255 e. The molecular weight excluding hydrogens is 486 g/mol. The summed E-state index contributed by atoms with van der Waals surface area (Å²) < 4.78 is 17.6. The predicted molar refractivity (Wildman–Crippen MR) is 138 cm³/mol. The van der Waals surface area contributed by atoms with Gasteiger partial charge in [-0.1, -0.05) is 0 Å². The van der Waals surface area contributed by atoms with Gasteiger partial charge < -0.3 is 29.8 Å². The highest BCUT2D eigenvalue weighted by atomic mass is 16.7. The van der Waals surface area contributed by atoms with Gasteiger partial charge in [0.1, 0.15) is 23.3 Å². The lowest BCUT2D eigenvalue weighted by Crippen LogP contribution is -2.44. The van der Waals surface area contributed by atoms with Gasteiger partial charge in [0, 0.05) is 24.2 Å². The number of hydrogen-bond acceptors (Lipinski definition) is 7. The molecule has 1 aromatic carbocycles. The van der Waals surface area contributed by atoms with Crippen LogP contribution < -0.4 is 24.8 Å². The molecule has 198 valence electrons. The van der Waals surface area contributed by atoms with E-state index >= 15 is 0 Å². The summed E-state index contributed by atoms with van der Waals surface area (Å²) in [5.74, 6) is 2.72. The molecule has 7 rings (SSSR count). The molecule has 0 radical (unpaired) electrons. The van der Waals surface area contributed by atoms with Gasteiger partial charge in [0.25, 0.3) is 5.91 Å². The number of aromatic amines is 1. The minimum absolute atomic E-state index is 0.0632. The number of carbonyl (C=O) groups is 2. The molecule has 4 aliphatic rings. The Morgan fingerprint density at radius 3 is 2.53 bits per heavy atom. The fraction of sp³-hybridized carbons (Fsp3) is 0.500. The first-order chi connectivity index (χ1) is 18.6. The zero-order valence-electron chi connectivity index (χ0n) is 21.1. The van der Waals surface area contributed by atoms with Gasteiger partial charge in [-0.15, -0.1) is 0 Å². The summed E-state index contributed by atoms with van der Waals surface area (Å²) in [5, 5.41) is 6.34. The zero-order valence-corrected chi connectivity index (χ0v) is 21.1. The van der Waals surface area contributed by atoms with Gasteiger partial charge in [0.05, 0.1) is 23.3 Å². The number of nitrogens with zero attached hydrogens (tertiary/aromatic N) is 2. The number of carbonyl (C=O) groups excluding carboxylic acids is 2. The van der Waals surface area contributed by atoms with Crippen molar-refractivity contribution in [1.82, 2.24) is 25.6 Å². The topological polar surface area (TPSA) is 127 Å². The van der Waals surface area contributed by atoms with Crippen LogP contribution in [0.2, 0.25) is 0 Å². The van der Waals surface area contributed by atoms with E-state index in [1.807, 2.05) is 12.1 Å². The van der Waals surface area contributed by atoms with Crippen LogP contribution in [0.4, 0.5) is 0 Å². The molecule has 3 heterocycles. The van der Waals surface area contributed by atoms with Crippen LogP contribution in [0.25, 0.3) is 22.3 Å². The summed E-state index contributed by atoms with van der Waals surface area (Å²) in [4.78, 5) is 37.6. The largest absolute Gasteiger partial charge is 0.492 e. The molecular formula is C28H31N5O5. The number of fused-ring (bicyclic) bond motifs is 2. The molecule has 2 amide bonds. The van der Waals surface area contributed by atoms with Crippen molar-refractivity contribution < 1.29 is 23.8 Å². The molecule has 3 aromatic rings. The standard InChI is InChI=1S/C28H31N5O5/c34-27(16-3-4-16)32-17-5-7-18(8-6-17)33-28(35)19-11-29-25-23(19)30-13-31-24(25)22-20(36-12-15-1-2-15)9-10-21-26(22)38-14-37-21/h9-11,13,15-18,29H,1-8,12,14H2,(H,32,34)(H,33,35). The fourth-order valence-corrected chi connectivity index (χ4v) is 5.40.